The summed E-state index contributed by atoms with van der Waals surface area (Å²) < 4.78 is 0. The van der Waals surface area contributed by atoms with Crippen molar-refractivity contribution in [2.45, 2.75) is 25.3 Å². The van der Waals surface area contributed by atoms with E-state index in [1.165, 1.54) is 19.3 Å². The molecule has 1 aliphatic heterocycles. The summed E-state index contributed by atoms with van der Waals surface area (Å²) in [6.07, 6.45) is 5.77. The molecule has 5 nitrogen and oxygen atoms in total. The van der Waals surface area contributed by atoms with Crippen LogP contribution in [-0.2, 0) is 0 Å². The number of anilines is 2. The van der Waals surface area contributed by atoms with E-state index in [9.17, 15) is 0 Å². The highest BCUT2D eigenvalue weighted by molar-refractivity contribution is 5.45. The van der Waals surface area contributed by atoms with Crippen molar-refractivity contribution in [2.75, 3.05) is 16.9 Å². The molecule has 0 amide bonds. The predicted octanol–water partition coefficient (Wildman–Crippen LogP) is 0.751. The molecule has 2 fully saturated rings. The molecule has 3 rings (SSSR count). The quantitative estimate of drug-likeness (QED) is 0.551. The molecule has 15 heavy (non-hydrogen) atoms. The first-order valence-electron chi connectivity index (χ1n) is 5.43. The zero-order valence-electron chi connectivity index (χ0n) is 8.56. The van der Waals surface area contributed by atoms with Gasteiger partial charge < -0.3 is 4.90 Å². The van der Waals surface area contributed by atoms with Gasteiger partial charge in [-0.15, -0.1) is 0 Å². The van der Waals surface area contributed by atoms with Crippen molar-refractivity contribution in [3.8, 4) is 0 Å². The zero-order valence-corrected chi connectivity index (χ0v) is 8.56. The van der Waals surface area contributed by atoms with Crippen molar-refractivity contribution in [3.05, 3.63) is 12.3 Å². The maximum Gasteiger partial charge on any atom is 0.239 e. The second-order valence-electron chi connectivity index (χ2n) is 4.37. The largest absolute Gasteiger partial charge is 0.353 e. The molecule has 3 N–H and O–H groups in total. The minimum atomic E-state index is 0.496. The Bertz CT molecular complexity index is 367. The van der Waals surface area contributed by atoms with E-state index in [2.05, 4.69) is 20.3 Å². The molecule has 1 aromatic rings. The maximum atomic E-state index is 5.30. The smallest absolute Gasteiger partial charge is 0.239 e. The summed E-state index contributed by atoms with van der Waals surface area (Å²) in [6.45, 7) is 1.14. The van der Waals surface area contributed by atoms with Gasteiger partial charge in [0.25, 0.3) is 0 Å². The molecular weight excluding hydrogens is 190 g/mol. The third-order valence-corrected chi connectivity index (χ3v) is 3.47. The fraction of sp³-hybridized carbons (Fsp3) is 0.600. The molecule has 1 aliphatic carbocycles. The van der Waals surface area contributed by atoms with E-state index in [1.54, 1.807) is 6.20 Å². The zero-order chi connectivity index (χ0) is 10.3. The van der Waals surface area contributed by atoms with Crippen molar-refractivity contribution in [2.24, 2.45) is 11.8 Å². The molecule has 0 spiro atoms. The van der Waals surface area contributed by atoms with Gasteiger partial charge in [0.2, 0.25) is 5.95 Å². The van der Waals surface area contributed by atoms with Gasteiger partial charge in [-0.3, -0.25) is 5.43 Å². The van der Waals surface area contributed by atoms with Gasteiger partial charge in [0.05, 0.1) is 0 Å². The molecule has 5 heteroatoms. The number of hydrogen-bond donors (Lipinski definition) is 2. The average Bonchev–Trinajstić information content (AvgIpc) is 2.91. The Kier molecular flexibility index (Phi) is 1.98. The summed E-state index contributed by atoms with van der Waals surface area (Å²) >= 11 is 0. The summed E-state index contributed by atoms with van der Waals surface area (Å²) in [5, 5.41) is 0. The van der Waals surface area contributed by atoms with Crippen LogP contribution in [0.1, 0.15) is 19.3 Å². The van der Waals surface area contributed by atoms with Gasteiger partial charge in [-0.25, -0.2) is 10.8 Å². The van der Waals surface area contributed by atoms with E-state index < -0.39 is 0 Å². The second kappa shape index (κ2) is 3.34. The number of piperidine rings is 1. The molecule has 0 aromatic carbocycles. The maximum absolute atomic E-state index is 5.30. The Balaban J connectivity index is 1.86. The molecule has 2 heterocycles. The van der Waals surface area contributed by atoms with Gasteiger partial charge in [-0.1, -0.05) is 0 Å². The number of nitrogens with one attached hydrogen (secondary N) is 1. The molecule has 1 saturated heterocycles. The Hall–Kier alpha value is -1.36. The minimum absolute atomic E-state index is 0.496. The Labute approximate surface area is 88.7 Å². The average molecular weight is 205 g/mol. The lowest BCUT2D eigenvalue weighted by molar-refractivity contribution is 0.550. The molecular formula is C10H15N5. The van der Waals surface area contributed by atoms with Gasteiger partial charge in [-0.2, -0.15) is 4.98 Å². The lowest BCUT2D eigenvalue weighted by atomic mass is 10.1. The van der Waals surface area contributed by atoms with E-state index >= 15 is 0 Å². The van der Waals surface area contributed by atoms with Crippen LogP contribution in [0.4, 0.5) is 11.8 Å². The SMILES string of the molecule is NNc1nccc(N2CC3CCC2C3)n1. The first kappa shape index (κ1) is 8.91. The van der Waals surface area contributed by atoms with Crippen LogP contribution >= 0.6 is 0 Å². The molecule has 80 valence electrons. The van der Waals surface area contributed by atoms with Crippen LogP contribution in [-0.4, -0.2) is 22.6 Å². The fourth-order valence-electron chi connectivity index (χ4n) is 2.78. The van der Waals surface area contributed by atoms with E-state index in [0.29, 0.717) is 12.0 Å². The Morgan fingerprint density at radius 3 is 3.07 bits per heavy atom. The molecule has 2 bridgehead atoms. The van der Waals surface area contributed by atoms with E-state index in [-0.39, 0.29) is 0 Å². The van der Waals surface area contributed by atoms with Gasteiger partial charge in [0.1, 0.15) is 5.82 Å². The van der Waals surface area contributed by atoms with Gasteiger partial charge in [0.15, 0.2) is 0 Å². The molecule has 2 atom stereocenters. The van der Waals surface area contributed by atoms with Crippen LogP contribution in [0.2, 0.25) is 0 Å². The first-order valence-corrected chi connectivity index (χ1v) is 5.43. The van der Waals surface area contributed by atoms with Crippen molar-refractivity contribution in [3.63, 3.8) is 0 Å². The summed E-state index contributed by atoms with van der Waals surface area (Å²) in [7, 11) is 0. The van der Waals surface area contributed by atoms with Crippen LogP contribution in [0.3, 0.4) is 0 Å². The van der Waals surface area contributed by atoms with E-state index in [4.69, 9.17) is 5.84 Å². The minimum Gasteiger partial charge on any atom is -0.353 e. The Morgan fingerprint density at radius 2 is 2.40 bits per heavy atom. The highest BCUT2D eigenvalue weighted by Crippen LogP contribution is 2.39. The first-order chi connectivity index (χ1) is 7.36. The highest BCUT2D eigenvalue weighted by atomic mass is 15.3. The van der Waals surface area contributed by atoms with Crippen molar-refractivity contribution in [1.82, 2.24) is 9.97 Å². The number of nitrogen functional groups attached to an aromatic ring is 1. The van der Waals surface area contributed by atoms with Gasteiger partial charge in [0, 0.05) is 18.8 Å². The molecule has 2 unspecified atom stereocenters. The summed E-state index contributed by atoms with van der Waals surface area (Å²) in [6, 6.07) is 2.65. The summed E-state index contributed by atoms with van der Waals surface area (Å²) in [5.74, 6) is 7.67. The monoisotopic (exact) mass is 205 g/mol. The number of rotatable bonds is 2. The van der Waals surface area contributed by atoms with Crippen LogP contribution in [0.5, 0.6) is 0 Å². The lowest BCUT2D eigenvalue weighted by Crippen LogP contribution is -2.32. The normalized spacial score (nSPS) is 28.5. The van der Waals surface area contributed by atoms with Gasteiger partial charge >= 0.3 is 0 Å². The number of nitrogens with two attached hydrogens (primary N) is 1. The number of aromatic nitrogens is 2. The summed E-state index contributed by atoms with van der Waals surface area (Å²) in [5.41, 5.74) is 2.49. The number of hydrazine groups is 1. The van der Waals surface area contributed by atoms with Crippen molar-refractivity contribution < 1.29 is 0 Å². The lowest BCUT2D eigenvalue weighted by Gasteiger charge is -2.27. The number of hydrogen-bond acceptors (Lipinski definition) is 5. The van der Waals surface area contributed by atoms with Crippen LogP contribution < -0.4 is 16.2 Å². The van der Waals surface area contributed by atoms with E-state index in [0.717, 1.165) is 18.3 Å². The topological polar surface area (TPSA) is 67.1 Å². The van der Waals surface area contributed by atoms with Crippen LogP contribution in [0, 0.1) is 5.92 Å². The third kappa shape index (κ3) is 1.43. The summed E-state index contributed by atoms with van der Waals surface area (Å²) in [4.78, 5) is 10.8. The molecule has 1 saturated carbocycles. The van der Waals surface area contributed by atoms with Gasteiger partial charge in [-0.05, 0) is 31.2 Å². The molecule has 0 radical (unpaired) electrons. The molecule has 1 aromatic heterocycles. The number of nitrogens with zero attached hydrogens (tertiary/aromatic N) is 3. The second-order valence-corrected chi connectivity index (χ2v) is 4.37. The van der Waals surface area contributed by atoms with Crippen molar-refractivity contribution in [1.29, 1.82) is 0 Å². The fourth-order valence-corrected chi connectivity index (χ4v) is 2.78. The number of fused-ring (bicyclic) bond motifs is 2. The molecule has 2 aliphatic rings. The highest BCUT2D eigenvalue weighted by Gasteiger charge is 2.38. The van der Waals surface area contributed by atoms with Crippen LogP contribution in [0.15, 0.2) is 12.3 Å². The van der Waals surface area contributed by atoms with E-state index in [1.807, 2.05) is 6.07 Å². The standard InChI is InChI=1S/C10H15N5/c11-14-10-12-4-3-9(13-10)15-6-7-1-2-8(15)5-7/h3-4,7-8H,1-2,5-6,11H2,(H,12,13,14). The third-order valence-electron chi connectivity index (χ3n) is 3.47. The van der Waals surface area contributed by atoms with Crippen molar-refractivity contribution >= 4 is 11.8 Å². The Morgan fingerprint density at radius 1 is 1.47 bits per heavy atom. The predicted molar refractivity (Wildman–Crippen MR) is 58.3 cm³/mol. The van der Waals surface area contributed by atoms with Crippen LogP contribution in [0.25, 0.3) is 0 Å².